The molecule has 0 bridgehead atoms. The van der Waals surface area contributed by atoms with Crippen LogP contribution in [0.5, 0.6) is 0 Å². The van der Waals surface area contributed by atoms with Gasteiger partial charge in [0.2, 0.25) is 0 Å². The van der Waals surface area contributed by atoms with Crippen LogP contribution in [0, 0.1) is 0 Å². The number of hydrogen-bond donors (Lipinski definition) is 1. The number of hydroxylamine groups is 1. The summed E-state index contributed by atoms with van der Waals surface area (Å²) in [7, 11) is 1.70. The van der Waals surface area contributed by atoms with Crippen molar-refractivity contribution in [2.75, 3.05) is 20.3 Å². The van der Waals surface area contributed by atoms with Gasteiger partial charge in [-0.25, -0.2) is 5.48 Å². The van der Waals surface area contributed by atoms with Crippen LogP contribution in [0.2, 0.25) is 0 Å². The van der Waals surface area contributed by atoms with Crippen molar-refractivity contribution >= 4 is 0 Å². The Balaban J connectivity index is 3.09. The van der Waals surface area contributed by atoms with Gasteiger partial charge in [0.1, 0.15) is 0 Å². The summed E-state index contributed by atoms with van der Waals surface area (Å²) in [5.41, 5.74) is 2.77. The van der Waals surface area contributed by atoms with E-state index in [0.717, 1.165) is 13.0 Å². The van der Waals surface area contributed by atoms with E-state index in [9.17, 15) is 0 Å². The lowest BCUT2D eigenvalue weighted by atomic mass is 10.3. The zero-order valence-electron chi connectivity index (χ0n) is 7.02. The highest BCUT2D eigenvalue weighted by atomic mass is 16.7. The maximum atomic E-state index is 5.08. The molecule has 0 aromatic heterocycles. The molecule has 10 heavy (non-hydrogen) atoms. The average molecular weight is 147 g/mol. The van der Waals surface area contributed by atoms with Gasteiger partial charge >= 0.3 is 0 Å². The molecule has 0 aliphatic carbocycles. The number of methoxy groups -OCH3 is 1. The van der Waals surface area contributed by atoms with Gasteiger partial charge in [-0.05, 0) is 6.42 Å². The average Bonchev–Trinajstić information content (AvgIpc) is 1.99. The molecule has 0 rings (SSSR count). The standard InChI is InChI=1S/C7H17NO2/c1-4-7(9-3)6-10-8-5-2/h7-8H,4-6H2,1-3H3. The van der Waals surface area contributed by atoms with Crippen molar-refractivity contribution < 1.29 is 9.57 Å². The largest absolute Gasteiger partial charge is 0.379 e. The molecule has 0 radical (unpaired) electrons. The quantitative estimate of drug-likeness (QED) is 0.448. The normalized spacial score (nSPS) is 13.5. The van der Waals surface area contributed by atoms with E-state index in [1.807, 2.05) is 6.92 Å². The van der Waals surface area contributed by atoms with Crippen LogP contribution < -0.4 is 5.48 Å². The van der Waals surface area contributed by atoms with Crippen molar-refractivity contribution in [3.63, 3.8) is 0 Å². The highest BCUT2D eigenvalue weighted by Crippen LogP contribution is 1.94. The van der Waals surface area contributed by atoms with Gasteiger partial charge in [-0.2, -0.15) is 0 Å². The zero-order chi connectivity index (χ0) is 7.82. The minimum Gasteiger partial charge on any atom is -0.379 e. The van der Waals surface area contributed by atoms with Crippen molar-refractivity contribution in [2.24, 2.45) is 0 Å². The monoisotopic (exact) mass is 147 g/mol. The molecule has 0 aliphatic rings. The third kappa shape index (κ3) is 4.73. The van der Waals surface area contributed by atoms with Gasteiger partial charge in [0.15, 0.2) is 0 Å². The SMILES string of the molecule is CCNOCC(CC)OC. The van der Waals surface area contributed by atoms with Crippen LogP contribution in [0.25, 0.3) is 0 Å². The van der Waals surface area contributed by atoms with Crippen LogP contribution in [-0.2, 0) is 9.57 Å². The van der Waals surface area contributed by atoms with E-state index in [0.29, 0.717) is 6.61 Å². The van der Waals surface area contributed by atoms with Gasteiger partial charge in [-0.15, -0.1) is 0 Å². The Kier molecular flexibility index (Phi) is 6.91. The molecular weight excluding hydrogens is 130 g/mol. The third-order valence-electron chi connectivity index (χ3n) is 1.30. The lowest BCUT2D eigenvalue weighted by Gasteiger charge is -2.12. The minimum atomic E-state index is 0.221. The second kappa shape index (κ2) is 6.99. The number of hydrogen-bond acceptors (Lipinski definition) is 3. The highest BCUT2D eigenvalue weighted by Gasteiger charge is 2.02. The second-order valence-corrected chi connectivity index (χ2v) is 2.07. The van der Waals surface area contributed by atoms with Crippen LogP contribution in [-0.4, -0.2) is 26.4 Å². The Morgan fingerprint density at radius 2 is 2.10 bits per heavy atom. The Morgan fingerprint density at radius 1 is 1.40 bits per heavy atom. The first-order valence-electron chi connectivity index (χ1n) is 3.72. The molecule has 0 aromatic carbocycles. The summed E-state index contributed by atoms with van der Waals surface area (Å²) in [6.45, 7) is 5.53. The number of rotatable bonds is 6. The first-order chi connectivity index (χ1) is 4.85. The Bertz CT molecular complexity index is 64.6. The van der Waals surface area contributed by atoms with Crippen LogP contribution in [0.4, 0.5) is 0 Å². The fourth-order valence-corrected chi connectivity index (χ4v) is 0.606. The fraction of sp³-hybridized carbons (Fsp3) is 1.00. The fourth-order valence-electron chi connectivity index (χ4n) is 0.606. The van der Waals surface area contributed by atoms with Gasteiger partial charge in [-0.1, -0.05) is 13.8 Å². The predicted octanol–water partition coefficient (Wildman–Crippen LogP) is 0.952. The van der Waals surface area contributed by atoms with E-state index in [2.05, 4.69) is 12.4 Å². The van der Waals surface area contributed by atoms with Gasteiger partial charge in [-0.3, -0.25) is 4.84 Å². The number of nitrogens with one attached hydrogen (secondary N) is 1. The van der Waals surface area contributed by atoms with E-state index in [-0.39, 0.29) is 6.10 Å². The number of ether oxygens (including phenoxy) is 1. The van der Waals surface area contributed by atoms with Gasteiger partial charge < -0.3 is 4.74 Å². The second-order valence-electron chi connectivity index (χ2n) is 2.07. The summed E-state index contributed by atoms with van der Waals surface area (Å²) >= 11 is 0. The maximum absolute atomic E-state index is 5.08. The molecule has 0 aliphatic heterocycles. The van der Waals surface area contributed by atoms with E-state index < -0.39 is 0 Å². The van der Waals surface area contributed by atoms with E-state index in [1.165, 1.54) is 0 Å². The van der Waals surface area contributed by atoms with Crippen molar-refractivity contribution in [1.29, 1.82) is 0 Å². The molecule has 0 saturated carbocycles. The van der Waals surface area contributed by atoms with Gasteiger partial charge in [0.25, 0.3) is 0 Å². The van der Waals surface area contributed by atoms with E-state index >= 15 is 0 Å². The summed E-state index contributed by atoms with van der Waals surface area (Å²) < 4.78 is 5.08. The van der Waals surface area contributed by atoms with Crippen LogP contribution in [0.3, 0.4) is 0 Å². The molecular formula is C7H17NO2. The summed E-state index contributed by atoms with van der Waals surface area (Å²) in [5.74, 6) is 0. The first kappa shape index (κ1) is 9.88. The molecule has 1 atom stereocenters. The zero-order valence-corrected chi connectivity index (χ0v) is 7.02. The van der Waals surface area contributed by atoms with E-state index in [4.69, 9.17) is 9.57 Å². The molecule has 3 nitrogen and oxygen atoms in total. The lowest BCUT2D eigenvalue weighted by molar-refractivity contribution is -0.0351. The molecule has 0 spiro atoms. The molecule has 3 heteroatoms. The molecule has 62 valence electrons. The predicted molar refractivity (Wildman–Crippen MR) is 40.7 cm³/mol. The summed E-state index contributed by atoms with van der Waals surface area (Å²) in [6.07, 6.45) is 1.21. The van der Waals surface area contributed by atoms with Crippen molar-refractivity contribution in [3.05, 3.63) is 0 Å². The van der Waals surface area contributed by atoms with Crippen molar-refractivity contribution in [1.82, 2.24) is 5.48 Å². The molecule has 1 unspecified atom stereocenters. The van der Waals surface area contributed by atoms with Crippen LogP contribution in [0.1, 0.15) is 20.3 Å². The molecule has 0 amide bonds. The molecule has 0 heterocycles. The van der Waals surface area contributed by atoms with Crippen LogP contribution in [0.15, 0.2) is 0 Å². The molecule has 0 aromatic rings. The Labute approximate surface area is 62.7 Å². The van der Waals surface area contributed by atoms with Crippen molar-refractivity contribution in [2.45, 2.75) is 26.4 Å². The van der Waals surface area contributed by atoms with Gasteiger partial charge in [0.05, 0.1) is 12.7 Å². The third-order valence-corrected chi connectivity index (χ3v) is 1.30. The molecule has 1 N–H and O–H groups in total. The van der Waals surface area contributed by atoms with E-state index in [1.54, 1.807) is 7.11 Å². The summed E-state index contributed by atoms with van der Waals surface area (Å²) in [4.78, 5) is 5.05. The minimum absolute atomic E-state index is 0.221. The smallest absolute Gasteiger partial charge is 0.0943 e. The summed E-state index contributed by atoms with van der Waals surface area (Å²) in [6, 6.07) is 0. The van der Waals surface area contributed by atoms with Crippen molar-refractivity contribution in [3.8, 4) is 0 Å². The van der Waals surface area contributed by atoms with Gasteiger partial charge in [0, 0.05) is 13.7 Å². The molecule has 0 saturated heterocycles. The maximum Gasteiger partial charge on any atom is 0.0943 e. The summed E-state index contributed by atoms with van der Waals surface area (Å²) in [5, 5.41) is 0. The van der Waals surface area contributed by atoms with Crippen LogP contribution >= 0.6 is 0 Å². The molecule has 0 fully saturated rings. The highest BCUT2D eigenvalue weighted by molar-refractivity contribution is 4.49. The first-order valence-corrected chi connectivity index (χ1v) is 3.72. The lowest BCUT2D eigenvalue weighted by Crippen LogP contribution is -2.23. The topological polar surface area (TPSA) is 30.5 Å². The Morgan fingerprint density at radius 3 is 2.50 bits per heavy atom. The Hall–Kier alpha value is -0.120.